The number of hydrogen-bond acceptors (Lipinski definition) is 4. The molecular formula is C40H66N6O2. The van der Waals surface area contributed by atoms with E-state index < -0.39 is 0 Å². The van der Waals surface area contributed by atoms with Crippen molar-refractivity contribution in [3.8, 4) is 0 Å². The maximum absolute atomic E-state index is 13.6. The summed E-state index contributed by atoms with van der Waals surface area (Å²) >= 11 is 0. The van der Waals surface area contributed by atoms with Crippen LogP contribution in [0.2, 0.25) is 0 Å². The summed E-state index contributed by atoms with van der Waals surface area (Å²) in [6.07, 6.45) is 16.2. The summed E-state index contributed by atoms with van der Waals surface area (Å²) in [5, 5.41) is 6.37. The molecule has 8 heteroatoms. The lowest BCUT2D eigenvalue weighted by atomic mass is 9.80. The van der Waals surface area contributed by atoms with Gasteiger partial charge in [-0.3, -0.25) is 0 Å². The van der Waals surface area contributed by atoms with E-state index >= 15 is 0 Å². The average Bonchev–Trinajstić information content (AvgIpc) is 3.07. The molecule has 0 aliphatic heterocycles. The molecule has 3 rings (SSSR count). The molecule has 1 aliphatic carbocycles. The fourth-order valence-corrected chi connectivity index (χ4v) is 6.81. The molecule has 0 saturated heterocycles. The van der Waals surface area contributed by atoms with Crippen molar-refractivity contribution in [3.05, 3.63) is 48.5 Å². The second-order valence-corrected chi connectivity index (χ2v) is 14.4. The normalized spacial score (nSPS) is 15.9. The highest BCUT2D eigenvalue weighted by atomic mass is 16.2. The number of unbranched alkanes of at least 4 members (excludes halogenated alkanes) is 8. The highest BCUT2D eigenvalue weighted by molar-refractivity contribution is 5.90. The molecular weight excluding hydrogens is 596 g/mol. The van der Waals surface area contributed by atoms with Crippen LogP contribution in [0.1, 0.15) is 104 Å². The Hall–Kier alpha value is -3.42. The number of carbonyl (C=O) groups excluding carboxylic acids is 2. The van der Waals surface area contributed by atoms with Gasteiger partial charge in [-0.05, 0) is 92.5 Å². The predicted octanol–water partition coefficient (Wildman–Crippen LogP) is 9.93. The van der Waals surface area contributed by atoms with Crippen LogP contribution in [0.15, 0.2) is 48.5 Å². The van der Waals surface area contributed by atoms with E-state index in [2.05, 4.69) is 44.1 Å². The molecule has 4 amide bonds. The smallest absolute Gasteiger partial charge is 0.321 e. The SMILES string of the molecule is CCCCCCCN(C[C@@H]1CCC[C@H](CN(CCCCCCC)C(=O)Nc2ccc(N(C)C)cc2)C1)C(=O)Nc1ccc(N(C)C)cc1. The zero-order valence-corrected chi connectivity index (χ0v) is 31.1. The van der Waals surface area contributed by atoms with Crippen LogP contribution in [-0.4, -0.2) is 76.2 Å². The van der Waals surface area contributed by atoms with Gasteiger partial charge in [0.2, 0.25) is 0 Å². The third kappa shape index (κ3) is 14.0. The summed E-state index contributed by atoms with van der Waals surface area (Å²) in [6.45, 7) is 7.58. The first kappa shape index (κ1) is 39.0. The second kappa shape index (κ2) is 21.5. The Kier molecular flexibility index (Phi) is 17.5. The van der Waals surface area contributed by atoms with E-state index in [9.17, 15) is 9.59 Å². The van der Waals surface area contributed by atoms with Crippen molar-refractivity contribution in [2.45, 2.75) is 104 Å². The molecule has 0 radical (unpaired) electrons. The van der Waals surface area contributed by atoms with Crippen LogP contribution in [0.3, 0.4) is 0 Å². The third-order valence-electron chi connectivity index (χ3n) is 9.76. The fourth-order valence-electron chi connectivity index (χ4n) is 6.81. The molecule has 0 heterocycles. The Balaban J connectivity index is 1.64. The summed E-state index contributed by atoms with van der Waals surface area (Å²) in [5.74, 6) is 0.878. The minimum absolute atomic E-state index is 0.00131. The van der Waals surface area contributed by atoms with Crippen molar-refractivity contribution in [2.75, 3.05) is 74.8 Å². The molecule has 2 aromatic carbocycles. The summed E-state index contributed by atoms with van der Waals surface area (Å²) in [5.41, 5.74) is 3.89. The van der Waals surface area contributed by atoms with Gasteiger partial charge in [0.15, 0.2) is 0 Å². The Morgan fingerprint density at radius 3 is 1.31 bits per heavy atom. The number of benzene rings is 2. The number of anilines is 4. The van der Waals surface area contributed by atoms with Crippen LogP contribution in [-0.2, 0) is 0 Å². The van der Waals surface area contributed by atoms with E-state index in [-0.39, 0.29) is 12.1 Å². The van der Waals surface area contributed by atoms with E-state index in [0.29, 0.717) is 11.8 Å². The molecule has 2 N–H and O–H groups in total. The molecule has 0 spiro atoms. The first-order chi connectivity index (χ1) is 23.2. The van der Waals surface area contributed by atoms with Crippen LogP contribution in [0.5, 0.6) is 0 Å². The molecule has 0 aromatic heterocycles. The Labute approximate surface area is 292 Å². The zero-order chi connectivity index (χ0) is 34.7. The largest absolute Gasteiger partial charge is 0.378 e. The number of carbonyl (C=O) groups is 2. The number of urea groups is 2. The highest BCUT2D eigenvalue weighted by Gasteiger charge is 2.28. The first-order valence-electron chi connectivity index (χ1n) is 18.9. The van der Waals surface area contributed by atoms with Gasteiger partial charge in [-0.2, -0.15) is 0 Å². The van der Waals surface area contributed by atoms with Crippen LogP contribution in [0.25, 0.3) is 0 Å². The summed E-state index contributed by atoms with van der Waals surface area (Å²) < 4.78 is 0. The van der Waals surface area contributed by atoms with Crippen LogP contribution < -0.4 is 20.4 Å². The van der Waals surface area contributed by atoms with E-state index in [1.165, 1.54) is 38.5 Å². The molecule has 0 bridgehead atoms. The van der Waals surface area contributed by atoms with Gasteiger partial charge in [0, 0.05) is 77.1 Å². The summed E-state index contributed by atoms with van der Waals surface area (Å²) in [4.78, 5) is 35.5. The lowest BCUT2D eigenvalue weighted by molar-refractivity contribution is 0.153. The van der Waals surface area contributed by atoms with Crippen molar-refractivity contribution in [2.24, 2.45) is 11.8 Å². The van der Waals surface area contributed by atoms with Crippen molar-refractivity contribution >= 4 is 34.8 Å². The number of rotatable bonds is 20. The van der Waals surface area contributed by atoms with Gasteiger partial charge in [-0.15, -0.1) is 0 Å². The van der Waals surface area contributed by atoms with Gasteiger partial charge in [-0.1, -0.05) is 71.6 Å². The topological polar surface area (TPSA) is 71.2 Å². The number of nitrogens with zero attached hydrogens (tertiary/aromatic N) is 4. The molecule has 2 atom stereocenters. The standard InChI is InChI=1S/C40H66N6O2/c1-7-9-11-13-15-28-45(39(47)41-35-20-24-37(25-21-35)43(3)4)31-33-18-17-19-34(30-33)32-46(29-16-14-12-10-8-2)40(48)42-36-22-26-38(27-23-36)44(5)6/h20-27,33-34H,7-19,28-32H2,1-6H3,(H,41,47)(H,42,48)/t33-,34+. The van der Waals surface area contributed by atoms with Crippen molar-refractivity contribution < 1.29 is 9.59 Å². The quantitative estimate of drug-likeness (QED) is 0.139. The minimum atomic E-state index is -0.00131. The molecule has 0 unspecified atom stereocenters. The molecule has 1 aliphatic rings. The minimum Gasteiger partial charge on any atom is -0.378 e. The molecule has 48 heavy (non-hydrogen) atoms. The van der Waals surface area contributed by atoms with Crippen molar-refractivity contribution in [3.63, 3.8) is 0 Å². The number of nitrogens with one attached hydrogen (secondary N) is 2. The maximum atomic E-state index is 13.6. The molecule has 2 aromatic rings. The fraction of sp³-hybridized carbons (Fsp3) is 0.650. The summed E-state index contributed by atoms with van der Waals surface area (Å²) in [6, 6.07) is 16.1. The second-order valence-electron chi connectivity index (χ2n) is 14.4. The van der Waals surface area contributed by atoms with Crippen LogP contribution in [0, 0.1) is 11.8 Å². The third-order valence-corrected chi connectivity index (χ3v) is 9.76. The molecule has 1 saturated carbocycles. The zero-order valence-electron chi connectivity index (χ0n) is 31.1. The van der Waals surface area contributed by atoms with E-state index in [4.69, 9.17) is 0 Å². The lowest BCUT2D eigenvalue weighted by Crippen LogP contribution is -2.43. The number of amides is 4. The van der Waals surface area contributed by atoms with E-state index in [0.717, 1.165) is 100 Å². The van der Waals surface area contributed by atoms with Gasteiger partial charge in [0.1, 0.15) is 0 Å². The average molecular weight is 663 g/mol. The Bertz CT molecular complexity index is 1090. The Morgan fingerprint density at radius 2 is 0.958 bits per heavy atom. The summed E-state index contributed by atoms with van der Waals surface area (Å²) in [7, 11) is 8.09. The maximum Gasteiger partial charge on any atom is 0.321 e. The van der Waals surface area contributed by atoms with Gasteiger partial charge in [-0.25, -0.2) is 9.59 Å². The monoisotopic (exact) mass is 663 g/mol. The predicted molar refractivity (Wildman–Crippen MR) is 206 cm³/mol. The lowest BCUT2D eigenvalue weighted by Gasteiger charge is -2.36. The number of hydrogen-bond donors (Lipinski definition) is 2. The van der Waals surface area contributed by atoms with Gasteiger partial charge in [0.25, 0.3) is 0 Å². The highest BCUT2D eigenvalue weighted by Crippen LogP contribution is 2.31. The van der Waals surface area contributed by atoms with Crippen molar-refractivity contribution in [1.29, 1.82) is 0 Å². The van der Waals surface area contributed by atoms with Crippen LogP contribution >= 0.6 is 0 Å². The molecule has 268 valence electrons. The van der Waals surface area contributed by atoms with E-state index in [1.54, 1.807) is 0 Å². The Morgan fingerprint density at radius 1 is 0.583 bits per heavy atom. The molecule has 8 nitrogen and oxygen atoms in total. The van der Waals surface area contributed by atoms with Gasteiger partial charge in [0.05, 0.1) is 0 Å². The van der Waals surface area contributed by atoms with Crippen LogP contribution in [0.4, 0.5) is 32.3 Å². The first-order valence-corrected chi connectivity index (χ1v) is 18.9. The van der Waals surface area contributed by atoms with Gasteiger partial charge >= 0.3 is 12.1 Å². The van der Waals surface area contributed by atoms with Crippen molar-refractivity contribution in [1.82, 2.24) is 9.80 Å². The van der Waals surface area contributed by atoms with E-state index in [1.807, 2.05) is 76.7 Å². The molecule has 1 fully saturated rings. The van der Waals surface area contributed by atoms with Gasteiger partial charge < -0.3 is 30.2 Å².